The first-order chi connectivity index (χ1) is 13.1. The Kier molecular flexibility index (Phi) is 8.14. The summed E-state index contributed by atoms with van der Waals surface area (Å²) in [5.74, 6) is -0.965. The number of carbonyl (C=O) groups is 2. The molecule has 0 aliphatic heterocycles. The molecule has 0 heterocycles. The van der Waals surface area contributed by atoms with Gasteiger partial charge in [-0.15, -0.1) is 11.8 Å². The van der Waals surface area contributed by atoms with E-state index in [2.05, 4.69) is 0 Å². The molecule has 0 saturated heterocycles. The van der Waals surface area contributed by atoms with Crippen molar-refractivity contribution in [2.24, 2.45) is 0 Å². The summed E-state index contributed by atoms with van der Waals surface area (Å²) < 4.78 is 5.05. The minimum Gasteiger partial charge on any atom is -0.452 e. The average Bonchev–Trinajstić information content (AvgIpc) is 2.72. The van der Waals surface area contributed by atoms with Crippen LogP contribution in [0.5, 0.6) is 0 Å². The lowest BCUT2D eigenvalue weighted by atomic mass is 10.2. The zero-order chi connectivity index (χ0) is 19.5. The van der Waals surface area contributed by atoms with Crippen molar-refractivity contribution in [2.45, 2.75) is 11.3 Å². The van der Waals surface area contributed by atoms with Crippen LogP contribution in [0.15, 0.2) is 65.6 Å². The van der Waals surface area contributed by atoms with Crippen molar-refractivity contribution in [1.82, 2.24) is 0 Å². The number of hydrogen-bond donors (Lipinski definition) is 0. The lowest BCUT2D eigenvalue weighted by Crippen LogP contribution is -2.35. The fourth-order valence-electron chi connectivity index (χ4n) is 2.31. The fourth-order valence-corrected chi connectivity index (χ4v) is 2.71. The monoisotopic (exact) mass is 380 g/mol. The topological polar surface area (TPSA) is 70.4 Å². The van der Waals surface area contributed by atoms with E-state index in [0.717, 1.165) is 10.5 Å². The van der Waals surface area contributed by atoms with Crippen LogP contribution < -0.4 is 4.90 Å². The highest BCUT2D eigenvalue weighted by atomic mass is 32.2. The zero-order valence-corrected chi connectivity index (χ0v) is 15.8. The number of hydrogen-bond acceptors (Lipinski definition) is 5. The third-order valence-electron chi connectivity index (χ3n) is 3.68. The van der Waals surface area contributed by atoms with Crippen molar-refractivity contribution in [3.8, 4) is 6.07 Å². The van der Waals surface area contributed by atoms with Crippen molar-refractivity contribution in [2.75, 3.05) is 24.3 Å². The molecule has 0 spiro atoms. The number of benzene rings is 2. The maximum atomic E-state index is 12.4. The van der Waals surface area contributed by atoms with E-state index in [1.165, 1.54) is 11.0 Å². The molecule has 27 heavy (non-hydrogen) atoms. The van der Waals surface area contributed by atoms with E-state index in [-0.39, 0.29) is 25.5 Å². The molecule has 0 bridgehead atoms. The normalized spacial score (nSPS) is 10.4. The Hall–Kier alpha value is -3.04. The third-order valence-corrected chi connectivity index (χ3v) is 4.43. The van der Waals surface area contributed by atoms with Gasteiger partial charge in [-0.05, 0) is 42.2 Å². The van der Waals surface area contributed by atoms with Gasteiger partial charge in [0.2, 0.25) is 0 Å². The molecular formula is C21H20N2O3S. The number of thioether (sulfide) groups is 1. The number of anilines is 1. The number of nitrogens with zero attached hydrogens (tertiary/aromatic N) is 2. The summed E-state index contributed by atoms with van der Waals surface area (Å²) in [6.07, 6.45) is 5.13. The van der Waals surface area contributed by atoms with Gasteiger partial charge in [0.1, 0.15) is 0 Å². The lowest BCUT2D eigenvalue weighted by molar-refractivity contribution is -0.142. The maximum absolute atomic E-state index is 12.4. The Morgan fingerprint density at radius 1 is 1.15 bits per heavy atom. The quantitative estimate of drug-likeness (QED) is 0.394. The first kappa shape index (κ1) is 20.3. The first-order valence-corrected chi connectivity index (χ1v) is 9.58. The molecule has 0 unspecified atom stereocenters. The van der Waals surface area contributed by atoms with Crippen LogP contribution in [0.3, 0.4) is 0 Å². The lowest BCUT2D eigenvalue weighted by Gasteiger charge is -2.21. The predicted molar refractivity (Wildman–Crippen MR) is 107 cm³/mol. The van der Waals surface area contributed by atoms with Crippen molar-refractivity contribution >= 4 is 35.4 Å². The molecule has 0 N–H and O–H groups in total. The van der Waals surface area contributed by atoms with Crippen LogP contribution in [0.2, 0.25) is 0 Å². The Bertz CT molecular complexity index is 827. The molecule has 138 valence electrons. The van der Waals surface area contributed by atoms with Gasteiger partial charge in [-0.2, -0.15) is 5.26 Å². The molecule has 0 atom stereocenters. The molecule has 5 nitrogen and oxygen atoms in total. The van der Waals surface area contributed by atoms with Crippen LogP contribution in [0, 0.1) is 11.3 Å². The molecule has 2 rings (SSSR count). The first-order valence-electron chi connectivity index (χ1n) is 8.35. The van der Waals surface area contributed by atoms with Crippen LogP contribution in [-0.4, -0.2) is 31.3 Å². The van der Waals surface area contributed by atoms with E-state index in [4.69, 9.17) is 10.00 Å². The van der Waals surface area contributed by atoms with Crippen molar-refractivity contribution in [3.05, 3.63) is 66.2 Å². The molecule has 0 radical (unpaired) electrons. The smallest absolute Gasteiger partial charge is 0.331 e. The van der Waals surface area contributed by atoms with Gasteiger partial charge in [-0.1, -0.05) is 30.3 Å². The molecule has 0 aromatic heterocycles. The Balaban J connectivity index is 1.92. The predicted octanol–water partition coefficient (Wildman–Crippen LogP) is 3.91. The summed E-state index contributed by atoms with van der Waals surface area (Å²) in [5.41, 5.74) is 1.54. The molecule has 0 saturated carbocycles. The van der Waals surface area contributed by atoms with Crippen molar-refractivity contribution in [3.63, 3.8) is 0 Å². The molecule has 0 fully saturated rings. The standard InChI is InChI=1S/C21H20N2O3S/c1-27-19-11-8-17(9-12-19)10-13-21(25)26-16-20(24)23(15-5-14-22)18-6-3-2-4-7-18/h2-4,6-13H,5,15-16H2,1H3/b13-10+. The average molecular weight is 380 g/mol. The fraction of sp³-hybridized carbons (Fsp3) is 0.190. The minimum atomic E-state index is -0.592. The summed E-state index contributed by atoms with van der Waals surface area (Å²) in [6.45, 7) is -0.135. The number of ether oxygens (including phenoxy) is 1. The summed E-state index contributed by atoms with van der Waals surface area (Å²) in [6, 6.07) is 18.7. The summed E-state index contributed by atoms with van der Waals surface area (Å²) in [4.78, 5) is 26.9. The van der Waals surface area contributed by atoms with E-state index < -0.39 is 5.97 Å². The number of nitriles is 1. The van der Waals surface area contributed by atoms with Gasteiger partial charge >= 0.3 is 5.97 Å². The van der Waals surface area contributed by atoms with E-state index in [1.807, 2.05) is 42.7 Å². The zero-order valence-electron chi connectivity index (χ0n) is 15.0. The Morgan fingerprint density at radius 3 is 2.48 bits per heavy atom. The number of amides is 1. The largest absolute Gasteiger partial charge is 0.452 e. The van der Waals surface area contributed by atoms with Crippen LogP contribution in [0.4, 0.5) is 5.69 Å². The van der Waals surface area contributed by atoms with Crippen molar-refractivity contribution < 1.29 is 14.3 Å². The highest BCUT2D eigenvalue weighted by Crippen LogP contribution is 2.16. The molecular weight excluding hydrogens is 360 g/mol. The van der Waals surface area contributed by atoms with Crippen LogP contribution in [0.25, 0.3) is 6.08 Å². The van der Waals surface area contributed by atoms with E-state index >= 15 is 0 Å². The van der Waals surface area contributed by atoms with Gasteiger partial charge < -0.3 is 9.64 Å². The van der Waals surface area contributed by atoms with Crippen LogP contribution in [-0.2, 0) is 14.3 Å². The number of rotatable bonds is 8. The van der Waals surface area contributed by atoms with Gasteiger partial charge in [0, 0.05) is 23.2 Å². The summed E-state index contributed by atoms with van der Waals surface area (Å²) in [5, 5.41) is 8.79. The molecule has 1 amide bonds. The van der Waals surface area contributed by atoms with Crippen LogP contribution >= 0.6 is 11.8 Å². The second-order valence-corrected chi connectivity index (χ2v) is 6.38. The summed E-state index contributed by atoms with van der Waals surface area (Å²) >= 11 is 1.64. The maximum Gasteiger partial charge on any atom is 0.331 e. The van der Waals surface area contributed by atoms with E-state index in [9.17, 15) is 9.59 Å². The molecule has 2 aromatic carbocycles. The molecule has 0 aliphatic carbocycles. The highest BCUT2D eigenvalue weighted by Gasteiger charge is 2.16. The van der Waals surface area contributed by atoms with Gasteiger partial charge in [0.15, 0.2) is 6.61 Å². The van der Waals surface area contributed by atoms with Crippen LogP contribution in [0.1, 0.15) is 12.0 Å². The van der Waals surface area contributed by atoms with Gasteiger partial charge in [-0.3, -0.25) is 4.79 Å². The number of esters is 1. The summed E-state index contributed by atoms with van der Waals surface area (Å²) in [7, 11) is 0. The third kappa shape index (κ3) is 6.65. The minimum absolute atomic E-state index is 0.195. The van der Waals surface area contributed by atoms with Gasteiger partial charge in [-0.25, -0.2) is 4.79 Å². The van der Waals surface area contributed by atoms with Crippen molar-refractivity contribution in [1.29, 1.82) is 5.26 Å². The van der Waals surface area contributed by atoms with Gasteiger partial charge in [0.05, 0.1) is 12.5 Å². The molecule has 2 aromatic rings. The second-order valence-electron chi connectivity index (χ2n) is 5.50. The number of carbonyl (C=O) groups excluding carboxylic acids is 2. The van der Waals surface area contributed by atoms with E-state index in [1.54, 1.807) is 42.1 Å². The Morgan fingerprint density at radius 2 is 1.85 bits per heavy atom. The highest BCUT2D eigenvalue weighted by molar-refractivity contribution is 7.98. The SMILES string of the molecule is CSc1ccc(/C=C/C(=O)OCC(=O)N(CCC#N)c2ccccc2)cc1. The van der Waals surface area contributed by atoms with Gasteiger partial charge in [0.25, 0.3) is 5.91 Å². The molecule has 0 aliphatic rings. The van der Waals surface area contributed by atoms with E-state index in [0.29, 0.717) is 5.69 Å². The second kappa shape index (κ2) is 10.8. The molecule has 6 heteroatoms. The number of para-hydroxylation sites is 1. The Labute approximate surface area is 163 Å².